The van der Waals surface area contributed by atoms with Gasteiger partial charge in [0.15, 0.2) is 0 Å². The smallest absolute Gasteiger partial charge is 0.240 e. The second-order valence-corrected chi connectivity index (χ2v) is 4.08. The molecule has 0 radical (unpaired) electrons. The number of methoxy groups -OCH3 is 1. The van der Waals surface area contributed by atoms with Crippen molar-refractivity contribution in [1.29, 1.82) is 0 Å². The van der Waals surface area contributed by atoms with E-state index in [0.717, 1.165) is 42.6 Å². The van der Waals surface area contributed by atoms with Crippen LogP contribution in [-0.4, -0.2) is 23.2 Å². The summed E-state index contributed by atoms with van der Waals surface area (Å²) in [6, 6.07) is 10.3. The molecule has 4 nitrogen and oxygen atoms in total. The Balaban J connectivity index is 2.17. The number of hydrogen-bond acceptors (Lipinski definition) is 3. The van der Waals surface area contributed by atoms with Crippen molar-refractivity contribution in [2.45, 2.75) is 13.1 Å². The van der Waals surface area contributed by atoms with Gasteiger partial charge in [-0.1, -0.05) is 30.3 Å². The van der Waals surface area contributed by atoms with Gasteiger partial charge in [-0.05, 0) is 0 Å². The van der Waals surface area contributed by atoms with Gasteiger partial charge in [-0.15, -0.1) is 0 Å². The Morgan fingerprint density at radius 2 is 2.12 bits per heavy atom. The van der Waals surface area contributed by atoms with Crippen molar-refractivity contribution in [3.05, 3.63) is 36.2 Å². The molecule has 0 aliphatic carbocycles. The Bertz CT molecular complexity index is 519. The molecular weight excluding hydrogens is 214 g/mol. The maximum absolute atomic E-state index is 5.39. The molecule has 1 aromatic carbocycles. The third-order valence-electron chi connectivity index (χ3n) is 3.05. The fraction of sp³-hybridized carbons (Fsp3) is 0.308. The molecule has 0 unspecified atom stereocenters. The Morgan fingerprint density at radius 1 is 1.29 bits per heavy atom. The van der Waals surface area contributed by atoms with Crippen LogP contribution >= 0.6 is 0 Å². The summed E-state index contributed by atoms with van der Waals surface area (Å²) >= 11 is 0. The normalized spacial score (nSPS) is 14.4. The second kappa shape index (κ2) is 4.22. The molecule has 2 heterocycles. The molecule has 1 aromatic heterocycles. The van der Waals surface area contributed by atoms with E-state index in [9.17, 15) is 0 Å². The molecule has 0 atom stereocenters. The van der Waals surface area contributed by atoms with E-state index in [1.54, 1.807) is 7.11 Å². The van der Waals surface area contributed by atoms with Crippen molar-refractivity contribution in [1.82, 2.24) is 14.9 Å². The van der Waals surface area contributed by atoms with E-state index in [4.69, 9.17) is 4.74 Å². The van der Waals surface area contributed by atoms with E-state index >= 15 is 0 Å². The van der Waals surface area contributed by atoms with Gasteiger partial charge in [-0.25, -0.2) is 0 Å². The largest absolute Gasteiger partial charge is 0.479 e. The summed E-state index contributed by atoms with van der Waals surface area (Å²) in [6.45, 7) is 2.73. The average Bonchev–Trinajstić information content (AvgIpc) is 2.78. The minimum atomic E-state index is 0.718. The van der Waals surface area contributed by atoms with E-state index in [2.05, 4.69) is 27.0 Å². The number of nitrogens with one attached hydrogen (secondary N) is 1. The molecule has 4 heteroatoms. The molecule has 0 fully saturated rings. The fourth-order valence-electron chi connectivity index (χ4n) is 2.26. The lowest BCUT2D eigenvalue weighted by atomic mass is 10.1. The molecule has 0 saturated carbocycles. The number of fused-ring (bicyclic) bond motifs is 1. The third-order valence-corrected chi connectivity index (χ3v) is 3.05. The second-order valence-electron chi connectivity index (χ2n) is 4.08. The first-order valence-electron chi connectivity index (χ1n) is 5.79. The SMILES string of the molecule is COc1nc2n(c1-c1ccccc1)CCNC2. The van der Waals surface area contributed by atoms with Crippen molar-refractivity contribution in [3.63, 3.8) is 0 Å². The first kappa shape index (κ1) is 10.4. The summed E-state index contributed by atoms with van der Waals surface area (Å²) in [5, 5.41) is 3.32. The molecule has 0 spiro atoms. The molecule has 3 rings (SSSR count). The highest BCUT2D eigenvalue weighted by Gasteiger charge is 2.20. The van der Waals surface area contributed by atoms with Crippen LogP contribution in [-0.2, 0) is 13.1 Å². The fourth-order valence-corrected chi connectivity index (χ4v) is 2.26. The summed E-state index contributed by atoms with van der Waals surface area (Å²) in [6.07, 6.45) is 0. The van der Waals surface area contributed by atoms with Crippen LogP contribution in [0.3, 0.4) is 0 Å². The maximum Gasteiger partial charge on any atom is 0.240 e. The van der Waals surface area contributed by atoms with Gasteiger partial charge in [-0.3, -0.25) is 0 Å². The van der Waals surface area contributed by atoms with Crippen LogP contribution in [0.25, 0.3) is 11.3 Å². The number of imidazole rings is 1. The first-order valence-corrected chi connectivity index (χ1v) is 5.79. The Labute approximate surface area is 100 Å². The first-order chi connectivity index (χ1) is 8.40. The lowest BCUT2D eigenvalue weighted by molar-refractivity contribution is 0.400. The minimum absolute atomic E-state index is 0.718. The zero-order valence-electron chi connectivity index (χ0n) is 9.81. The molecule has 88 valence electrons. The lowest BCUT2D eigenvalue weighted by Gasteiger charge is -2.17. The summed E-state index contributed by atoms with van der Waals surface area (Å²) in [7, 11) is 1.67. The number of rotatable bonds is 2. The number of ether oxygens (including phenoxy) is 1. The van der Waals surface area contributed by atoms with E-state index in [1.807, 2.05) is 18.2 Å². The van der Waals surface area contributed by atoms with Crippen molar-refractivity contribution >= 4 is 0 Å². The van der Waals surface area contributed by atoms with E-state index in [0.29, 0.717) is 0 Å². The van der Waals surface area contributed by atoms with Crippen molar-refractivity contribution in [2.24, 2.45) is 0 Å². The van der Waals surface area contributed by atoms with Crippen LogP contribution in [0.5, 0.6) is 5.88 Å². The van der Waals surface area contributed by atoms with E-state index in [1.165, 1.54) is 0 Å². The molecule has 0 bridgehead atoms. The number of nitrogens with zero attached hydrogens (tertiary/aromatic N) is 2. The molecule has 17 heavy (non-hydrogen) atoms. The monoisotopic (exact) mass is 229 g/mol. The molecular formula is C13H15N3O. The Hall–Kier alpha value is -1.81. The van der Waals surface area contributed by atoms with Gasteiger partial charge in [-0.2, -0.15) is 4.98 Å². The maximum atomic E-state index is 5.39. The molecule has 1 N–H and O–H groups in total. The summed E-state index contributed by atoms with van der Waals surface area (Å²) in [5.41, 5.74) is 2.24. The zero-order chi connectivity index (χ0) is 11.7. The average molecular weight is 229 g/mol. The Morgan fingerprint density at radius 3 is 2.88 bits per heavy atom. The predicted molar refractivity (Wildman–Crippen MR) is 65.9 cm³/mol. The van der Waals surface area contributed by atoms with E-state index < -0.39 is 0 Å². The summed E-state index contributed by atoms with van der Waals surface area (Å²) in [4.78, 5) is 4.52. The van der Waals surface area contributed by atoms with Gasteiger partial charge < -0.3 is 14.6 Å². The Kier molecular flexibility index (Phi) is 2.57. The third kappa shape index (κ3) is 1.70. The summed E-state index contributed by atoms with van der Waals surface area (Å²) in [5.74, 6) is 1.77. The molecule has 1 aliphatic heterocycles. The minimum Gasteiger partial charge on any atom is -0.479 e. The molecule has 0 amide bonds. The van der Waals surface area contributed by atoms with Gasteiger partial charge in [0.2, 0.25) is 5.88 Å². The molecule has 1 aliphatic rings. The van der Waals surface area contributed by atoms with Crippen LogP contribution in [0.1, 0.15) is 5.82 Å². The lowest BCUT2D eigenvalue weighted by Crippen LogP contribution is -2.28. The van der Waals surface area contributed by atoms with Gasteiger partial charge in [0.05, 0.1) is 13.7 Å². The molecule has 0 saturated heterocycles. The zero-order valence-corrected chi connectivity index (χ0v) is 9.81. The van der Waals surface area contributed by atoms with Crippen LogP contribution in [0.4, 0.5) is 0 Å². The van der Waals surface area contributed by atoms with Gasteiger partial charge in [0.1, 0.15) is 11.5 Å². The van der Waals surface area contributed by atoms with Crippen LogP contribution in [0.2, 0.25) is 0 Å². The topological polar surface area (TPSA) is 39.1 Å². The van der Waals surface area contributed by atoms with Gasteiger partial charge in [0.25, 0.3) is 0 Å². The van der Waals surface area contributed by atoms with Gasteiger partial charge >= 0.3 is 0 Å². The van der Waals surface area contributed by atoms with Crippen molar-refractivity contribution < 1.29 is 4.74 Å². The highest BCUT2D eigenvalue weighted by Crippen LogP contribution is 2.31. The van der Waals surface area contributed by atoms with Gasteiger partial charge in [0, 0.05) is 18.7 Å². The molecule has 2 aromatic rings. The number of benzene rings is 1. The summed E-state index contributed by atoms with van der Waals surface area (Å²) < 4.78 is 7.63. The predicted octanol–water partition coefficient (Wildman–Crippen LogP) is 1.66. The van der Waals surface area contributed by atoms with Crippen molar-refractivity contribution in [3.8, 4) is 17.1 Å². The van der Waals surface area contributed by atoms with Crippen molar-refractivity contribution in [2.75, 3.05) is 13.7 Å². The van der Waals surface area contributed by atoms with E-state index in [-0.39, 0.29) is 0 Å². The number of aromatic nitrogens is 2. The van der Waals surface area contributed by atoms with Crippen LogP contribution in [0.15, 0.2) is 30.3 Å². The standard InChI is InChI=1S/C13H15N3O/c1-17-13-12(10-5-3-2-4-6-10)16-8-7-14-9-11(16)15-13/h2-6,14H,7-9H2,1H3. The quantitative estimate of drug-likeness (QED) is 0.851. The highest BCUT2D eigenvalue weighted by molar-refractivity contribution is 5.65. The van der Waals surface area contributed by atoms with Crippen LogP contribution in [0, 0.1) is 0 Å². The van der Waals surface area contributed by atoms with Crippen LogP contribution < -0.4 is 10.1 Å². The highest BCUT2D eigenvalue weighted by atomic mass is 16.5. The number of hydrogen-bond donors (Lipinski definition) is 1.